The van der Waals surface area contributed by atoms with Crippen molar-refractivity contribution in [2.75, 3.05) is 20.1 Å². The van der Waals surface area contributed by atoms with Gasteiger partial charge in [-0.2, -0.15) is 0 Å². The predicted octanol–water partition coefficient (Wildman–Crippen LogP) is 0.923. The van der Waals surface area contributed by atoms with Crippen molar-refractivity contribution in [3.8, 4) is 0 Å². The van der Waals surface area contributed by atoms with E-state index < -0.39 is 5.97 Å². The number of nitrogens with zero attached hydrogens (tertiary/aromatic N) is 1. The van der Waals surface area contributed by atoms with E-state index in [0.717, 1.165) is 25.9 Å². The second-order valence-electron chi connectivity index (χ2n) is 4.73. The Labute approximate surface area is 91.6 Å². The molecule has 0 spiro atoms. The van der Waals surface area contributed by atoms with Crippen LogP contribution in [0.1, 0.15) is 33.1 Å². The average molecular weight is 214 g/mol. The quantitative estimate of drug-likeness (QED) is 0.731. The van der Waals surface area contributed by atoms with Crippen LogP contribution in [0.2, 0.25) is 0 Å². The summed E-state index contributed by atoms with van der Waals surface area (Å²) in [5, 5.41) is 12.1. The summed E-state index contributed by atoms with van der Waals surface area (Å²) in [4.78, 5) is 13.2. The van der Waals surface area contributed by atoms with Crippen LogP contribution < -0.4 is 5.32 Å². The Balaban J connectivity index is 2.54. The van der Waals surface area contributed by atoms with E-state index in [1.807, 2.05) is 7.05 Å². The molecular weight excluding hydrogens is 192 g/mol. The van der Waals surface area contributed by atoms with Crippen molar-refractivity contribution in [1.29, 1.82) is 0 Å². The molecular formula is C11H22N2O2. The van der Waals surface area contributed by atoms with Crippen LogP contribution in [0.4, 0.5) is 0 Å². The Morgan fingerprint density at radius 2 is 2.00 bits per heavy atom. The highest BCUT2D eigenvalue weighted by Gasteiger charge is 2.35. The number of hydrogen-bond donors (Lipinski definition) is 2. The summed E-state index contributed by atoms with van der Waals surface area (Å²) < 4.78 is 0. The minimum absolute atomic E-state index is 0.183. The fraction of sp³-hybridized carbons (Fsp3) is 0.909. The molecule has 0 radical (unpaired) electrons. The smallest absolute Gasteiger partial charge is 0.305 e. The summed E-state index contributed by atoms with van der Waals surface area (Å²) in [6.45, 7) is 6.35. The summed E-state index contributed by atoms with van der Waals surface area (Å²) in [5.74, 6) is -0.706. The number of piperidine rings is 1. The summed E-state index contributed by atoms with van der Waals surface area (Å²) in [6.07, 6.45) is 2.08. The van der Waals surface area contributed by atoms with E-state index in [0.29, 0.717) is 6.04 Å². The molecule has 88 valence electrons. The Morgan fingerprint density at radius 1 is 1.47 bits per heavy atom. The molecule has 4 heteroatoms. The van der Waals surface area contributed by atoms with E-state index in [2.05, 4.69) is 24.1 Å². The van der Waals surface area contributed by atoms with Crippen molar-refractivity contribution >= 4 is 5.97 Å². The molecule has 15 heavy (non-hydrogen) atoms. The topological polar surface area (TPSA) is 52.6 Å². The van der Waals surface area contributed by atoms with E-state index in [1.54, 1.807) is 0 Å². The molecule has 4 nitrogen and oxygen atoms in total. The van der Waals surface area contributed by atoms with Gasteiger partial charge < -0.3 is 15.3 Å². The zero-order valence-electron chi connectivity index (χ0n) is 9.92. The highest BCUT2D eigenvalue weighted by molar-refractivity contribution is 5.68. The third-order valence-corrected chi connectivity index (χ3v) is 3.51. The largest absolute Gasteiger partial charge is 0.481 e. The van der Waals surface area contributed by atoms with Crippen LogP contribution in [0.3, 0.4) is 0 Å². The molecule has 0 aromatic heterocycles. The molecule has 0 atom stereocenters. The van der Waals surface area contributed by atoms with E-state index in [-0.39, 0.29) is 12.0 Å². The van der Waals surface area contributed by atoms with Gasteiger partial charge in [0, 0.05) is 24.7 Å². The number of aliphatic carboxylic acids is 1. The van der Waals surface area contributed by atoms with Crippen molar-refractivity contribution in [3.05, 3.63) is 0 Å². The third kappa shape index (κ3) is 3.18. The Kier molecular flexibility index (Phi) is 4.11. The second-order valence-corrected chi connectivity index (χ2v) is 4.73. The molecule has 0 aromatic rings. The molecule has 0 aliphatic carbocycles. The fourth-order valence-electron chi connectivity index (χ4n) is 2.27. The van der Waals surface area contributed by atoms with Gasteiger partial charge in [-0.1, -0.05) is 0 Å². The summed E-state index contributed by atoms with van der Waals surface area (Å²) in [5.41, 5.74) is -0.183. The fourth-order valence-corrected chi connectivity index (χ4v) is 2.27. The van der Waals surface area contributed by atoms with Gasteiger partial charge in [-0.05, 0) is 33.7 Å². The van der Waals surface area contributed by atoms with E-state index in [9.17, 15) is 4.79 Å². The summed E-state index contributed by atoms with van der Waals surface area (Å²) in [6, 6.07) is 0.560. The molecule has 1 aliphatic heterocycles. The normalized spacial score (nSPS) is 21.9. The van der Waals surface area contributed by atoms with Crippen molar-refractivity contribution in [2.45, 2.75) is 44.7 Å². The van der Waals surface area contributed by atoms with Gasteiger partial charge in [0.25, 0.3) is 0 Å². The van der Waals surface area contributed by atoms with E-state index >= 15 is 0 Å². The molecule has 1 rings (SSSR count). The first-order valence-corrected chi connectivity index (χ1v) is 5.64. The minimum atomic E-state index is -0.706. The van der Waals surface area contributed by atoms with Crippen LogP contribution in [0.5, 0.6) is 0 Å². The molecule has 0 unspecified atom stereocenters. The molecule has 2 N–H and O–H groups in total. The van der Waals surface area contributed by atoms with Crippen LogP contribution in [0.25, 0.3) is 0 Å². The maximum absolute atomic E-state index is 10.8. The van der Waals surface area contributed by atoms with Crippen LogP contribution in [0.15, 0.2) is 0 Å². The molecule has 1 fully saturated rings. The molecule has 0 amide bonds. The van der Waals surface area contributed by atoms with Crippen molar-refractivity contribution < 1.29 is 9.90 Å². The van der Waals surface area contributed by atoms with Gasteiger partial charge in [0.15, 0.2) is 0 Å². The predicted molar refractivity (Wildman–Crippen MR) is 60.0 cm³/mol. The maximum atomic E-state index is 10.8. The lowest BCUT2D eigenvalue weighted by molar-refractivity contribution is -0.139. The lowest BCUT2D eigenvalue weighted by atomic mass is 9.84. The lowest BCUT2D eigenvalue weighted by Crippen LogP contribution is -2.54. The molecule has 1 aliphatic rings. The Bertz CT molecular complexity index is 221. The molecule has 0 aromatic carbocycles. The van der Waals surface area contributed by atoms with Crippen molar-refractivity contribution in [1.82, 2.24) is 10.2 Å². The van der Waals surface area contributed by atoms with Crippen LogP contribution >= 0.6 is 0 Å². The van der Waals surface area contributed by atoms with Gasteiger partial charge in [0.2, 0.25) is 0 Å². The molecule has 1 heterocycles. The average Bonchev–Trinajstić information content (AvgIpc) is 2.17. The first-order chi connectivity index (χ1) is 6.99. The van der Waals surface area contributed by atoms with Gasteiger partial charge >= 0.3 is 5.97 Å². The number of carboxylic acid groups (broad SMARTS) is 1. The molecule has 0 bridgehead atoms. The van der Waals surface area contributed by atoms with E-state index in [1.165, 1.54) is 0 Å². The minimum Gasteiger partial charge on any atom is -0.481 e. The van der Waals surface area contributed by atoms with Gasteiger partial charge in [-0.15, -0.1) is 0 Å². The maximum Gasteiger partial charge on any atom is 0.305 e. The van der Waals surface area contributed by atoms with Crippen molar-refractivity contribution in [2.24, 2.45) is 0 Å². The highest BCUT2D eigenvalue weighted by atomic mass is 16.4. The van der Waals surface area contributed by atoms with Gasteiger partial charge in [-0.25, -0.2) is 0 Å². The SMILES string of the molecule is CNC1(CC(=O)O)CCN(C(C)C)CC1. The number of rotatable bonds is 4. The van der Waals surface area contributed by atoms with Crippen molar-refractivity contribution in [3.63, 3.8) is 0 Å². The number of carboxylic acids is 1. The monoisotopic (exact) mass is 214 g/mol. The zero-order valence-corrected chi connectivity index (χ0v) is 9.92. The number of nitrogens with one attached hydrogen (secondary N) is 1. The summed E-state index contributed by atoms with van der Waals surface area (Å²) in [7, 11) is 1.87. The highest BCUT2D eigenvalue weighted by Crippen LogP contribution is 2.26. The second kappa shape index (κ2) is 4.94. The van der Waals surface area contributed by atoms with Crippen LogP contribution in [0, 0.1) is 0 Å². The van der Waals surface area contributed by atoms with Crippen LogP contribution in [-0.2, 0) is 4.79 Å². The molecule has 0 saturated carbocycles. The number of hydrogen-bond acceptors (Lipinski definition) is 3. The van der Waals surface area contributed by atoms with E-state index in [4.69, 9.17) is 5.11 Å². The first kappa shape index (κ1) is 12.5. The zero-order chi connectivity index (χ0) is 11.5. The van der Waals surface area contributed by atoms with Gasteiger partial charge in [-0.3, -0.25) is 4.79 Å². The van der Waals surface area contributed by atoms with Gasteiger partial charge in [0.05, 0.1) is 6.42 Å². The summed E-state index contributed by atoms with van der Waals surface area (Å²) >= 11 is 0. The third-order valence-electron chi connectivity index (χ3n) is 3.51. The van der Waals surface area contributed by atoms with Crippen LogP contribution in [-0.4, -0.2) is 47.7 Å². The first-order valence-electron chi connectivity index (χ1n) is 5.64. The standard InChI is InChI=1S/C11H22N2O2/c1-9(2)13-6-4-11(12-3,5-7-13)8-10(14)15/h9,12H,4-8H2,1-3H3,(H,14,15). The lowest BCUT2D eigenvalue weighted by Gasteiger charge is -2.42. The molecule has 1 saturated heterocycles. The van der Waals surface area contributed by atoms with Gasteiger partial charge in [0.1, 0.15) is 0 Å². The number of carbonyl (C=O) groups is 1. The Morgan fingerprint density at radius 3 is 2.33 bits per heavy atom. The Hall–Kier alpha value is -0.610. The number of likely N-dealkylation sites (tertiary alicyclic amines) is 1.